The van der Waals surface area contributed by atoms with E-state index in [1.165, 1.54) is 6.08 Å². The Bertz CT molecular complexity index is 1170. The van der Waals surface area contributed by atoms with Crippen LogP contribution in [0.3, 0.4) is 0 Å². The molecule has 0 aliphatic carbocycles. The lowest BCUT2D eigenvalue weighted by Crippen LogP contribution is -2.54. The molecule has 0 saturated carbocycles. The van der Waals surface area contributed by atoms with Gasteiger partial charge < -0.3 is 24.8 Å². The normalized spacial score (nSPS) is 11.9. The van der Waals surface area contributed by atoms with Gasteiger partial charge in [-0.2, -0.15) is 0 Å². The predicted octanol–water partition coefficient (Wildman–Crippen LogP) is 5.29. The molecule has 0 radical (unpaired) electrons. The molecule has 8 nitrogen and oxygen atoms in total. The van der Waals surface area contributed by atoms with Crippen molar-refractivity contribution in [3.8, 4) is 0 Å². The van der Waals surface area contributed by atoms with Crippen LogP contribution in [0.15, 0.2) is 104 Å². The minimum Gasteiger partial charge on any atom is -0.459 e. The molecular weight excluding hydrogens is 484 g/mol. The van der Waals surface area contributed by atoms with Crippen molar-refractivity contribution >= 4 is 18.2 Å². The standard InChI is InChI=1S/C30H32N2O6/c1-2-30(27(33)36-21-24-13-6-3-7-14-24,32-29(35)38-23-26-17-10-5-11-18-26)19-12-20-31-28(34)37-22-25-15-8-4-9-16-25/h2-11,13-18H,1,12,19-23H2,(H,31,34)(H,32,35)/t30-/m1/s1. The third-order valence-electron chi connectivity index (χ3n) is 5.69. The van der Waals surface area contributed by atoms with Crippen molar-refractivity contribution < 1.29 is 28.6 Å². The number of carbonyl (C=O) groups is 3. The average Bonchev–Trinajstić information content (AvgIpc) is 2.97. The predicted molar refractivity (Wildman–Crippen MR) is 143 cm³/mol. The summed E-state index contributed by atoms with van der Waals surface area (Å²) in [6, 6.07) is 27.7. The fourth-order valence-corrected chi connectivity index (χ4v) is 3.58. The summed E-state index contributed by atoms with van der Waals surface area (Å²) in [6.07, 6.45) is 0.397. The average molecular weight is 517 g/mol. The Balaban J connectivity index is 1.56. The smallest absolute Gasteiger partial charge is 0.408 e. The molecule has 38 heavy (non-hydrogen) atoms. The van der Waals surface area contributed by atoms with Gasteiger partial charge in [-0.25, -0.2) is 14.4 Å². The van der Waals surface area contributed by atoms with Gasteiger partial charge in [0.2, 0.25) is 0 Å². The van der Waals surface area contributed by atoms with Crippen LogP contribution in [0.2, 0.25) is 0 Å². The molecule has 0 fully saturated rings. The van der Waals surface area contributed by atoms with Gasteiger partial charge in [-0.15, -0.1) is 6.58 Å². The maximum absolute atomic E-state index is 13.2. The lowest BCUT2D eigenvalue weighted by molar-refractivity contribution is -0.151. The van der Waals surface area contributed by atoms with E-state index >= 15 is 0 Å². The fourth-order valence-electron chi connectivity index (χ4n) is 3.58. The number of benzene rings is 3. The molecule has 8 heteroatoms. The second kappa shape index (κ2) is 14.8. The number of nitrogens with one attached hydrogen (secondary N) is 2. The first-order valence-electron chi connectivity index (χ1n) is 12.3. The van der Waals surface area contributed by atoms with Crippen molar-refractivity contribution in [3.63, 3.8) is 0 Å². The topological polar surface area (TPSA) is 103 Å². The van der Waals surface area contributed by atoms with Crippen LogP contribution in [0.1, 0.15) is 29.5 Å². The van der Waals surface area contributed by atoms with Crippen LogP contribution in [0.5, 0.6) is 0 Å². The number of hydrogen-bond donors (Lipinski definition) is 2. The molecule has 0 spiro atoms. The van der Waals surface area contributed by atoms with Gasteiger partial charge in [-0.05, 0) is 29.5 Å². The fraction of sp³-hybridized carbons (Fsp3) is 0.233. The Labute approximate surface area is 222 Å². The van der Waals surface area contributed by atoms with Crippen LogP contribution < -0.4 is 10.6 Å². The van der Waals surface area contributed by atoms with E-state index in [1.54, 1.807) is 0 Å². The second-order valence-corrected chi connectivity index (χ2v) is 8.52. The van der Waals surface area contributed by atoms with Gasteiger partial charge in [-0.1, -0.05) is 97.1 Å². The van der Waals surface area contributed by atoms with Crippen LogP contribution in [0.4, 0.5) is 9.59 Å². The summed E-state index contributed by atoms with van der Waals surface area (Å²) in [5.41, 5.74) is 0.913. The maximum atomic E-state index is 13.2. The highest BCUT2D eigenvalue weighted by Gasteiger charge is 2.39. The van der Waals surface area contributed by atoms with Crippen LogP contribution in [-0.4, -0.2) is 30.2 Å². The number of amides is 2. The van der Waals surface area contributed by atoms with E-state index < -0.39 is 23.7 Å². The molecule has 0 saturated heterocycles. The summed E-state index contributed by atoms with van der Waals surface area (Å²) in [4.78, 5) is 37.9. The van der Waals surface area contributed by atoms with Gasteiger partial charge in [-0.3, -0.25) is 0 Å². The molecule has 198 valence electrons. The number of esters is 1. The van der Waals surface area contributed by atoms with Gasteiger partial charge in [0.1, 0.15) is 19.8 Å². The zero-order valence-corrected chi connectivity index (χ0v) is 21.1. The quantitative estimate of drug-likeness (QED) is 0.139. The number of carbonyl (C=O) groups excluding carboxylic acids is 3. The summed E-state index contributed by atoms with van der Waals surface area (Å²) in [7, 11) is 0. The van der Waals surface area contributed by atoms with Gasteiger partial charge in [0, 0.05) is 6.54 Å². The van der Waals surface area contributed by atoms with E-state index in [0.29, 0.717) is 6.42 Å². The summed E-state index contributed by atoms with van der Waals surface area (Å²) < 4.78 is 16.1. The molecule has 3 aromatic rings. The van der Waals surface area contributed by atoms with Crippen molar-refractivity contribution in [1.29, 1.82) is 0 Å². The molecule has 0 aliphatic heterocycles. The first kappa shape index (κ1) is 28.0. The molecule has 3 aromatic carbocycles. The van der Waals surface area contributed by atoms with E-state index in [4.69, 9.17) is 14.2 Å². The van der Waals surface area contributed by atoms with E-state index in [0.717, 1.165) is 16.7 Å². The van der Waals surface area contributed by atoms with E-state index in [9.17, 15) is 14.4 Å². The van der Waals surface area contributed by atoms with Gasteiger partial charge in [0.15, 0.2) is 5.54 Å². The highest BCUT2D eigenvalue weighted by molar-refractivity contribution is 5.88. The van der Waals surface area contributed by atoms with E-state index in [-0.39, 0.29) is 32.8 Å². The summed E-state index contributed by atoms with van der Waals surface area (Å²) in [6.45, 7) is 4.18. The minimum atomic E-state index is -1.56. The summed E-state index contributed by atoms with van der Waals surface area (Å²) >= 11 is 0. The van der Waals surface area contributed by atoms with Crippen LogP contribution >= 0.6 is 0 Å². The van der Waals surface area contributed by atoms with Gasteiger partial charge in [0.25, 0.3) is 0 Å². The summed E-state index contributed by atoms with van der Waals surface area (Å²) in [5.74, 6) is -0.681. The third kappa shape index (κ3) is 9.13. The largest absolute Gasteiger partial charge is 0.459 e. The van der Waals surface area contributed by atoms with Crippen molar-refractivity contribution in [2.75, 3.05) is 6.54 Å². The molecule has 2 N–H and O–H groups in total. The highest BCUT2D eigenvalue weighted by atomic mass is 16.6. The van der Waals surface area contributed by atoms with Gasteiger partial charge in [0.05, 0.1) is 0 Å². The highest BCUT2D eigenvalue weighted by Crippen LogP contribution is 2.19. The van der Waals surface area contributed by atoms with Crippen molar-refractivity contribution in [2.45, 2.75) is 38.2 Å². The Morgan fingerprint density at radius 3 is 1.61 bits per heavy atom. The molecule has 0 bridgehead atoms. The molecule has 0 aromatic heterocycles. The van der Waals surface area contributed by atoms with E-state index in [1.807, 2.05) is 91.0 Å². The van der Waals surface area contributed by atoms with Crippen LogP contribution in [0.25, 0.3) is 0 Å². The molecule has 0 aliphatic rings. The monoisotopic (exact) mass is 516 g/mol. The van der Waals surface area contributed by atoms with Crippen LogP contribution in [-0.2, 0) is 38.8 Å². The molecule has 0 unspecified atom stereocenters. The molecule has 0 heterocycles. The second-order valence-electron chi connectivity index (χ2n) is 8.52. The number of hydrogen-bond acceptors (Lipinski definition) is 6. The Hall–Kier alpha value is -4.59. The minimum absolute atomic E-state index is 0.0278. The lowest BCUT2D eigenvalue weighted by atomic mass is 9.93. The van der Waals surface area contributed by atoms with E-state index in [2.05, 4.69) is 17.2 Å². The molecule has 3 rings (SSSR count). The maximum Gasteiger partial charge on any atom is 0.408 e. The van der Waals surface area contributed by atoms with Crippen molar-refractivity contribution in [1.82, 2.24) is 10.6 Å². The first-order chi connectivity index (χ1) is 18.5. The lowest BCUT2D eigenvalue weighted by Gasteiger charge is -2.29. The van der Waals surface area contributed by atoms with Crippen LogP contribution in [0, 0.1) is 0 Å². The first-order valence-corrected chi connectivity index (χ1v) is 12.3. The van der Waals surface area contributed by atoms with Gasteiger partial charge >= 0.3 is 18.2 Å². The zero-order chi connectivity index (χ0) is 27.1. The molecule has 1 atom stereocenters. The SMILES string of the molecule is C=C[C@](CCCNC(=O)OCc1ccccc1)(NC(=O)OCc1ccccc1)C(=O)OCc1ccccc1. The number of rotatable bonds is 13. The Kier molecular flexibility index (Phi) is 10.9. The van der Waals surface area contributed by atoms with Crippen molar-refractivity contribution in [2.24, 2.45) is 0 Å². The Morgan fingerprint density at radius 2 is 1.13 bits per heavy atom. The number of alkyl carbamates (subject to hydrolysis) is 2. The Morgan fingerprint density at radius 1 is 0.684 bits per heavy atom. The van der Waals surface area contributed by atoms with Crippen molar-refractivity contribution in [3.05, 3.63) is 120 Å². The zero-order valence-electron chi connectivity index (χ0n) is 21.1. The number of ether oxygens (including phenoxy) is 3. The third-order valence-corrected chi connectivity index (χ3v) is 5.69. The molecule has 2 amide bonds. The summed E-state index contributed by atoms with van der Waals surface area (Å²) in [5, 5.41) is 5.28. The molecular formula is C30H32N2O6.